The van der Waals surface area contributed by atoms with E-state index >= 15 is 0 Å². The van der Waals surface area contributed by atoms with Gasteiger partial charge in [0.2, 0.25) is 0 Å². The first-order valence-corrected chi connectivity index (χ1v) is 9.01. The first-order chi connectivity index (χ1) is 10.3. The lowest BCUT2D eigenvalue weighted by Crippen LogP contribution is -2.46. The molecule has 0 radical (unpaired) electrons. The van der Waals surface area contributed by atoms with E-state index in [1.54, 1.807) is 0 Å². The zero-order valence-corrected chi connectivity index (χ0v) is 16.8. The van der Waals surface area contributed by atoms with Crippen molar-refractivity contribution >= 4 is 29.9 Å². The number of nitrogens with zero attached hydrogens (tertiary/aromatic N) is 2. The van der Waals surface area contributed by atoms with Gasteiger partial charge < -0.3 is 15.5 Å². The van der Waals surface area contributed by atoms with Crippen LogP contribution in [0.4, 0.5) is 0 Å². The molecule has 0 aromatic carbocycles. The van der Waals surface area contributed by atoms with Crippen molar-refractivity contribution in [3.8, 4) is 0 Å². The molecular weight excluding hydrogens is 387 g/mol. The van der Waals surface area contributed by atoms with E-state index in [9.17, 15) is 0 Å². The summed E-state index contributed by atoms with van der Waals surface area (Å²) >= 11 is 0. The normalized spacial score (nSPS) is 22.2. The molecule has 5 heteroatoms. The summed E-state index contributed by atoms with van der Waals surface area (Å²) in [6.07, 6.45) is 10.7. The van der Waals surface area contributed by atoms with E-state index in [2.05, 4.69) is 27.4 Å². The number of nitrogens with one attached hydrogen (secondary N) is 2. The lowest BCUT2D eigenvalue weighted by Gasteiger charge is -2.32. The van der Waals surface area contributed by atoms with Crippen LogP contribution >= 0.6 is 24.0 Å². The van der Waals surface area contributed by atoms with Crippen LogP contribution in [0, 0.1) is 5.92 Å². The van der Waals surface area contributed by atoms with Crippen molar-refractivity contribution < 1.29 is 0 Å². The van der Waals surface area contributed by atoms with Crippen molar-refractivity contribution in [1.29, 1.82) is 0 Å². The Labute approximate surface area is 153 Å². The van der Waals surface area contributed by atoms with Crippen molar-refractivity contribution in [3.05, 3.63) is 0 Å². The molecule has 4 nitrogen and oxygen atoms in total. The smallest absolute Gasteiger partial charge is 0.191 e. The van der Waals surface area contributed by atoms with Gasteiger partial charge in [0, 0.05) is 19.6 Å². The monoisotopic (exact) mass is 422 g/mol. The fraction of sp³-hybridized carbons (Fsp3) is 0.941. The highest BCUT2D eigenvalue weighted by Gasteiger charge is 2.19. The Balaban J connectivity index is 0.00000242. The van der Waals surface area contributed by atoms with Crippen LogP contribution in [0.1, 0.15) is 58.3 Å². The number of hydrogen-bond donors (Lipinski definition) is 2. The highest BCUT2D eigenvalue weighted by atomic mass is 127. The van der Waals surface area contributed by atoms with Crippen LogP contribution in [-0.2, 0) is 0 Å². The van der Waals surface area contributed by atoms with Crippen molar-refractivity contribution in [2.75, 3.05) is 33.2 Å². The van der Waals surface area contributed by atoms with E-state index in [0.29, 0.717) is 6.04 Å². The van der Waals surface area contributed by atoms with E-state index < -0.39 is 0 Å². The molecule has 0 aromatic heterocycles. The number of rotatable bonds is 5. The minimum atomic E-state index is 0. The molecule has 1 saturated carbocycles. The van der Waals surface area contributed by atoms with Gasteiger partial charge in [0.25, 0.3) is 0 Å². The van der Waals surface area contributed by atoms with Crippen molar-refractivity contribution in [3.63, 3.8) is 0 Å². The molecule has 0 bridgehead atoms. The predicted octanol–water partition coefficient (Wildman–Crippen LogP) is 3.22. The van der Waals surface area contributed by atoms with Gasteiger partial charge >= 0.3 is 0 Å². The highest BCUT2D eigenvalue weighted by molar-refractivity contribution is 14.0. The Kier molecular flexibility index (Phi) is 10.4. The third-order valence-corrected chi connectivity index (χ3v) is 4.97. The lowest BCUT2D eigenvalue weighted by atomic mass is 9.95. The molecule has 0 spiro atoms. The van der Waals surface area contributed by atoms with Crippen LogP contribution in [0.25, 0.3) is 0 Å². The Bertz CT molecular complexity index is 308. The molecule has 22 heavy (non-hydrogen) atoms. The van der Waals surface area contributed by atoms with Crippen LogP contribution in [0.15, 0.2) is 4.99 Å². The highest BCUT2D eigenvalue weighted by Crippen LogP contribution is 2.18. The maximum Gasteiger partial charge on any atom is 0.191 e. The Hall–Kier alpha value is -0.0400. The second-order valence-corrected chi connectivity index (χ2v) is 6.72. The van der Waals surface area contributed by atoms with Crippen LogP contribution in [0.5, 0.6) is 0 Å². The third kappa shape index (κ3) is 7.02. The predicted molar refractivity (Wildman–Crippen MR) is 106 cm³/mol. The van der Waals surface area contributed by atoms with Gasteiger partial charge in [0.15, 0.2) is 5.96 Å². The molecule has 0 aromatic rings. The van der Waals surface area contributed by atoms with Crippen LogP contribution in [-0.4, -0.2) is 50.1 Å². The summed E-state index contributed by atoms with van der Waals surface area (Å²) in [4.78, 5) is 7.00. The second kappa shape index (κ2) is 11.5. The molecule has 2 fully saturated rings. The number of likely N-dealkylation sites (tertiary alicyclic amines) is 1. The second-order valence-electron chi connectivity index (χ2n) is 6.72. The Morgan fingerprint density at radius 2 is 1.77 bits per heavy atom. The zero-order valence-electron chi connectivity index (χ0n) is 14.4. The van der Waals surface area contributed by atoms with E-state index in [1.807, 2.05) is 7.05 Å². The van der Waals surface area contributed by atoms with Gasteiger partial charge in [-0.05, 0) is 57.7 Å². The largest absolute Gasteiger partial charge is 0.356 e. The van der Waals surface area contributed by atoms with Gasteiger partial charge in [-0.1, -0.05) is 26.2 Å². The van der Waals surface area contributed by atoms with Crippen molar-refractivity contribution in [2.45, 2.75) is 64.3 Å². The first kappa shape index (κ1) is 20.0. The van der Waals surface area contributed by atoms with E-state index in [1.165, 1.54) is 71.0 Å². The fourth-order valence-corrected chi connectivity index (χ4v) is 3.61. The minimum Gasteiger partial charge on any atom is -0.356 e. The van der Waals surface area contributed by atoms with Gasteiger partial charge in [-0.2, -0.15) is 0 Å². The topological polar surface area (TPSA) is 39.7 Å². The molecule has 2 aliphatic rings. The average molecular weight is 422 g/mol. The number of guanidine groups is 1. The molecule has 2 N–H and O–H groups in total. The number of hydrogen-bond acceptors (Lipinski definition) is 2. The summed E-state index contributed by atoms with van der Waals surface area (Å²) < 4.78 is 0. The van der Waals surface area contributed by atoms with Crippen LogP contribution in [0.3, 0.4) is 0 Å². The summed E-state index contributed by atoms with van der Waals surface area (Å²) in [5.74, 6) is 1.82. The van der Waals surface area contributed by atoms with Gasteiger partial charge in [-0.25, -0.2) is 0 Å². The molecule has 1 aliphatic carbocycles. The maximum absolute atomic E-state index is 4.39. The summed E-state index contributed by atoms with van der Waals surface area (Å²) in [6.45, 7) is 7.16. The van der Waals surface area contributed by atoms with Crippen LogP contribution < -0.4 is 10.6 Å². The Morgan fingerprint density at radius 1 is 1.09 bits per heavy atom. The lowest BCUT2D eigenvalue weighted by molar-refractivity contribution is 0.185. The number of aliphatic imine (C=N–C) groups is 1. The molecule has 130 valence electrons. The maximum atomic E-state index is 4.39. The average Bonchev–Trinajstić information content (AvgIpc) is 2.54. The molecule has 1 aliphatic heterocycles. The Morgan fingerprint density at radius 3 is 2.36 bits per heavy atom. The third-order valence-electron chi connectivity index (χ3n) is 4.97. The van der Waals surface area contributed by atoms with E-state index in [4.69, 9.17) is 0 Å². The van der Waals surface area contributed by atoms with E-state index in [0.717, 1.165) is 18.4 Å². The molecule has 2 rings (SSSR count). The van der Waals surface area contributed by atoms with Crippen molar-refractivity contribution in [1.82, 2.24) is 15.5 Å². The SMILES string of the molecule is CCCN1CCC(CNC(=NC)NC2CCCCC2)CC1.I. The first-order valence-electron chi connectivity index (χ1n) is 9.01. The van der Waals surface area contributed by atoms with Gasteiger partial charge in [0.05, 0.1) is 0 Å². The zero-order chi connectivity index (χ0) is 14.9. The standard InChI is InChI=1S/C17H34N4.HI/c1-3-11-21-12-9-15(10-13-21)14-19-17(18-2)20-16-7-5-4-6-8-16;/h15-16H,3-14H2,1-2H3,(H2,18,19,20);1H. The molecular formula is C17H35IN4. The molecule has 0 amide bonds. The summed E-state index contributed by atoms with van der Waals surface area (Å²) in [5, 5.41) is 7.16. The van der Waals surface area contributed by atoms with E-state index in [-0.39, 0.29) is 24.0 Å². The quantitative estimate of drug-likeness (QED) is 0.406. The molecule has 1 saturated heterocycles. The number of piperidine rings is 1. The fourth-order valence-electron chi connectivity index (χ4n) is 3.61. The molecule has 1 heterocycles. The van der Waals surface area contributed by atoms with Crippen molar-refractivity contribution in [2.24, 2.45) is 10.9 Å². The minimum absolute atomic E-state index is 0. The summed E-state index contributed by atoms with van der Waals surface area (Å²) in [7, 11) is 1.89. The molecule has 0 unspecified atom stereocenters. The van der Waals surface area contributed by atoms with Crippen LogP contribution in [0.2, 0.25) is 0 Å². The summed E-state index contributed by atoms with van der Waals surface area (Å²) in [5.41, 5.74) is 0. The van der Waals surface area contributed by atoms with Gasteiger partial charge in [0.1, 0.15) is 0 Å². The number of halogens is 1. The van der Waals surface area contributed by atoms with Gasteiger partial charge in [-0.15, -0.1) is 24.0 Å². The summed E-state index contributed by atoms with van der Waals surface area (Å²) in [6, 6.07) is 0.636. The molecule has 0 atom stereocenters. The van der Waals surface area contributed by atoms with Gasteiger partial charge in [-0.3, -0.25) is 4.99 Å².